The molecule has 0 atom stereocenters. The van der Waals surface area contributed by atoms with Gasteiger partial charge < -0.3 is 26.2 Å². The van der Waals surface area contributed by atoms with Gasteiger partial charge in [0.15, 0.2) is 0 Å². The summed E-state index contributed by atoms with van der Waals surface area (Å²) >= 11 is 0. The van der Waals surface area contributed by atoms with Crippen LogP contribution < -0.4 is 21.5 Å². The van der Waals surface area contributed by atoms with Gasteiger partial charge >= 0.3 is 0 Å². The Bertz CT molecular complexity index is 562. The van der Waals surface area contributed by atoms with Crippen LogP contribution in [-0.4, -0.2) is 26.3 Å². The van der Waals surface area contributed by atoms with Crippen LogP contribution in [0.3, 0.4) is 0 Å². The molecule has 1 aliphatic rings. The molecule has 0 unspecified atom stereocenters. The van der Waals surface area contributed by atoms with E-state index >= 15 is 0 Å². The van der Waals surface area contributed by atoms with Crippen LogP contribution in [0.1, 0.15) is 0 Å². The van der Waals surface area contributed by atoms with Gasteiger partial charge in [0.05, 0.1) is 24.6 Å². The number of hydrogen-bond acceptors (Lipinski definition) is 5. The molecule has 0 amide bonds. The van der Waals surface area contributed by atoms with Gasteiger partial charge in [-0.2, -0.15) is 0 Å². The molecule has 5 heteroatoms. The van der Waals surface area contributed by atoms with Crippen molar-refractivity contribution in [2.45, 2.75) is 0 Å². The third-order valence-corrected chi connectivity index (χ3v) is 3.51. The predicted molar refractivity (Wildman–Crippen MR) is 87.6 cm³/mol. The molecule has 1 heterocycles. The van der Waals surface area contributed by atoms with Crippen LogP contribution in [0.5, 0.6) is 0 Å². The molecular weight excluding hydrogens is 264 g/mol. The van der Waals surface area contributed by atoms with Crippen molar-refractivity contribution in [2.24, 2.45) is 0 Å². The molecule has 2 aromatic rings. The Morgan fingerprint density at radius 1 is 0.810 bits per heavy atom. The summed E-state index contributed by atoms with van der Waals surface area (Å²) in [4.78, 5) is 2.33. The third kappa shape index (κ3) is 3.58. The first-order valence-corrected chi connectivity index (χ1v) is 7.11. The standard InChI is InChI=1S/C16H20N4O/c17-13-1-3-14(4-2-13)18-19-15-5-7-16(8-6-15)20-9-11-21-12-10-20/h1-8,18-19H,9-12,17H2. The summed E-state index contributed by atoms with van der Waals surface area (Å²) in [6.45, 7) is 3.52. The number of rotatable bonds is 4. The smallest absolute Gasteiger partial charge is 0.0642 e. The summed E-state index contributed by atoms with van der Waals surface area (Å²) in [5.41, 5.74) is 16.0. The first-order chi connectivity index (χ1) is 10.3. The normalized spacial score (nSPS) is 14.8. The van der Waals surface area contributed by atoms with Crippen molar-refractivity contribution in [1.82, 2.24) is 0 Å². The molecule has 5 nitrogen and oxygen atoms in total. The van der Waals surface area contributed by atoms with Crippen molar-refractivity contribution in [1.29, 1.82) is 0 Å². The van der Waals surface area contributed by atoms with E-state index in [1.807, 2.05) is 24.3 Å². The maximum absolute atomic E-state index is 5.66. The quantitative estimate of drug-likeness (QED) is 0.595. The highest BCUT2D eigenvalue weighted by molar-refractivity contribution is 5.59. The van der Waals surface area contributed by atoms with Crippen LogP contribution in [0.25, 0.3) is 0 Å². The van der Waals surface area contributed by atoms with E-state index in [4.69, 9.17) is 10.5 Å². The summed E-state index contributed by atoms with van der Waals surface area (Å²) < 4.78 is 5.37. The topological polar surface area (TPSA) is 62.5 Å². The highest BCUT2D eigenvalue weighted by Crippen LogP contribution is 2.19. The number of anilines is 4. The fraction of sp³-hybridized carbons (Fsp3) is 0.250. The number of nitrogens with two attached hydrogens (primary N) is 1. The van der Waals surface area contributed by atoms with Crippen molar-refractivity contribution in [3.8, 4) is 0 Å². The van der Waals surface area contributed by atoms with E-state index in [0.717, 1.165) is 43.4 Å². The van der Waals surface area contributed by atoms with Crippen molar-refractivity contribution < 1.29 is 4.74 Å². The molecule has 110 valence electrons. The Morgan fingerprint density at radius 2 is 1.33 bits per heavy atom. The number of hydrogen-bond donors (Lipinski definition) is 3. The monoisotopic (exact) mass is 284 g/mol. The van der Waals surface area contributed by atoms with Gasteiger partial charge in [-0.1, -0.05) is 0 Å². The van der Waals surface area contributed by atoms with Gasteiger partial charge in [0.1, 0.15) is 0 Å². The fourth-order valence-corrected chi connectivity index (χ4v) is 2.29. The number of nitrogen functional groups attached to an aromatic ring is 1. The Hall–Kier alpha value is -2.40. The molecule has 3 rings (SSSR count). The van der Waals surface area contributed by atoms with E-state index < -0.39 is 0 Å². The molecule has 0 spiro atoms. The van der Waals surface area contributed by atoms with Crippen molar-refractivity contribution >= 4 is 22.7 Å². The van der Waals surface area contributed by atoms with Gasteiger partial charge in [-0.3, -0.25) is 0 Å². The zero-order valence-corrected chi connectivity index (χ0v) is 11.9. The Morgan fingerprint density at radius 3 is 1.90 bits per heavy atom. The van der Waals surface area contributed by atoms with Gasteiger partial charge in [0, 0.05) is 24.5 Å². The van der Waals surface area contributed by atoms with E-state index in [9.17, 15) is 0 Å². The molecule has 0 bridgehead atoms. The minimum Gasteiger partial charge on any atom is -0.399 e. The summed E-state index contributed by atoms with van der Waals surface area (Å²) in [5, 5.41) is 0. The molecule has 4 N–H and O–H groups in total. The van der Waals surface area contributed by atoms with Crippen LogP contribution in [0.2, 0.25) is 0 Å². The number of morpholine rings is 1. The first-order valence-electron chi connectivity index (χ1n) is 7.11. The average molecular weight is 284 g/mol. The van der Waals surface area contributed by atoms with Gasteiger partial charge in [-0.05, 0) is 48.5 Å². The highest BCUT2D eigenvalue weighted by atomic mass is 16.5. The van der Waals surface area contributed by atoms with E-state index in [2.05, 4.69) is 40.0 Å². The van der Waals surface area contributed by atoms with E-state index in [1.165, 1.54) is 5.69 Å². The van der Waals surface area contributed by atoms with Gasteiger partial charge in [0.2, 0.25) is 0 Å². The zero-order chi connectivity index (χ0) is 14.5. The summed E-state index contributed by atoms with van der Waals surface area (Å²) in [6, 6.07) is 16.0. The molecule has 1 aliphatic heterocycles. The molecular formula is C16H20N4O. The lowest BCUT2D eigenvalue weighted by Crippen LogP contribution is -2.36. The molecule has 0 saturated carbocycles. The molecule has 21 heavy (non-hydrogen) atoms. The number of nitrogens with zero attached hydrogens (tertiary/aromatic N) is 1. The van der Waals surface area contributed by atoms with Gasteiger partial charge in [-0.25, -0.2) is 0 Å². The predicted octanol–water partition coefficient (Wildman–Crippen LogP) is 2.54. The van der Waals surface area contributed by atoms with Crippen molar-refractivity contribution in [3.05, 3.63) is 48.5 Å². The minimum absolute atomic E-state index is 0.760. The zero-order valence-electron chi connectivity index (χ0n) is 11.9. The fourth-order valence-electron chi connectivity index (χ4n) is 2.29. The van der Waals surface area contributed by atoms with Gasteiger partial charge in [-0.15, -0.1) is 0 Å². The van der Waals surface area contributed by atoms with Crippen LogP contribution in [0.15, 0.2) is 48.5 Å². The summed E-state index contributed by atoms with van der Waals surface area (Å²) in [5.74, 6) is 0. The maximum Gasteiger partial charge on any atom is 0.0642 e. The molecule has 1 saturated heterocycles. The molecule has 2 aromatic carbocycles. The highest BCUT2D eigenvalue weighted by Gasteiger charge is 2.10. The second kappa shape index (κ2) is 6.37. The SMILES string of the molecule is Nc1ccc(NNc2ccc(N3CCOCC3)cc2)cc1. The molecule has 0 aliphatic carbocycles. The molecule has 1 fully saturated rings. The number of hydrazine groups is 1. The number of ether oxygens (including phenoxy) is 1. The second-order valence-electron chi connectivity index (χ2n) is 5.02. The maximum atomic E-state index is 5.66. The average Bonchev–Trinajstić information content (AvgIpc) is 2.56. The second-order valence-corrected chi connectivity index (χ2v) is 5.02. The van der Waals surface area contributed by atoms with Gasteiger partial charge in [0.25, 0.3) is 0 Å². The van der Waals surface area contributed by atoms with Crippen LogP contribution >= 0.6 is 0 Å². The van der Waals surface area contributed by atoms with Crippen LogP contribution in [-0.2, 0) is 4.74 Å². The lowest BCUT2D eigenvalue weighted by molar-refractivity contribution is 0.122. The Labute approximate surface area is 124 Å². The van der Waals surface area contributed by atoms with Crippen LogP contribution in [0.4, 0.5) is 22.7 Å². The van der Waals surface area contributed by atoms with E-state index in [0.29, 0.717) is 0 Å². The number of nitrogens with one attached hydrogen (secondary N) is 2. The van der Waals surface area contributed by atoms with Crippen molar-refractivity contribution in [3.63, 3.8) is 0 Å². The summed E-state index contributed by atoms with van der Waals surface area (Å²) in [6.07, 6.45) is 0. The third-order valence-electron chi connectivity index (χ3n) is 3.51. The van der Waals surface area contributed by atoms with E-state index in [1.54, 1.807) is 0 Å². The number of benzene rings is 2. The van der Waals surface area contributed by atoms with Crippen molar-refractivity contribution in [2.75, 3.05) is 47.8 Å². The lowest BCUT2D eigenvalue weighted by atomic mass is 10.2. The Balaban J connectivity index is 1.57. The summed E-state index contributed by atoms with van der Waals surface area (Å²) in [7, 11) is 0. The Kier molecular flexibility index (Phi) is 4.12. The molecule has 0 radical (unpaired) electrons. The van der Waals surface area contributed by atoms with E-state index in [-0.39, 0.29) is 0 Å². The minimum atomic E-state index is 0.760. The first kappa shape index (κ1) is 13.6. The lowest BCUT2D eigenvalue weighted by Gasteiger charge is -2.29. The van der Waals surface area contributed by atoms with Crippen LogP contribution in [0, 0.1) is 0 Å². The molecule has 0 aromatic heterocycles. The largest absolute Gasteiger partial charge is 0.399 e.